The molecule has 20 heavy (non-hydrogen) atoms. The predicted octanol–water partition coefficient (Wildman–Crippen LogP) is 3.26. The summed E-state index contributed by atoms with van der Waals surface area (Å²) in [6, 6.07) is 4.09. The summed E-state index contributed by atoms with van der Waals surface area (Å²) in [6.07, 6.45) is 3.47. The van der Waals surface area contributed by atoms with Crippen LogP contribution in [0.5, 0.6) is 0 Å². The first kappa shape index (κ1) is 15.4. The smallest absolute Gasteiger partial charge is 0.251 e. The summed E-state index contributed by atoms with van der Waals surface area (Å²) < 4.78 is 13.9. The first-order valence-electron chi connectivity index (χ1n) is 6.83. The zero-order valence-corrected chi connectivity index (χ0v) is 13.0. The van der Waals surface area contributed by atoms with E-state index in [0.717, 1.165) is 25.7 Å². The van der Waals surface area contributed by atoms with Crippen LogP contribution in [0.3, 0.4) is 0 Å². The minimum Gasteiger partial charge on any atom is -0.394 e. The van der Waals surface area contributed by atoms with Crippen LogP contribution in [0.1, 0.15) is 43.0 Å². The third kappa shape index (κ3) is 3.58. The summed E-state index contributed by atoms with van der Waals surface area (Å²) in [5.74, 6) is -0.177. The highest BCUT2D eigenvalue weighted by Gasteiger charge is 2.35. The normalized spacial score (nSPS) is 26.3. The highest BCUT2D eigenvalue weighted by molar-refractivity contribution is 9.10. The minimum absolute atomic E-state index is 0.0814. The Balaban J connectivity index is 2.13. The van der Waals surface area contributed by atoms with Gasteiger partial charge in [-0.2, -0.15) is 0 Å². The zero-order valence-electron chi connectivity index (χ0n) is 11.5. The van der Waals surface area contributed by atoms with E-state index in [2.05, 4.69) is 28.2 Å². The van der Waals surface area contributed by atoms with Crippen LogP contribution in [0.15, 0.2) is 22.7 Å². The van der Waals surface area contributed by atoms with Gasteiger partial charge in [0.05, 0.1) is 12.1 Å². The summed E-state index contributed by atoms with van der Waals surface area (Å²) >= 11 is 3.18. The molecule has 0 saturated heterocycles. The van der Waals surface area contributed by atoms with Crippen molar-refractivity contribution in [3.8, 4) is 0 Å². The van der Waals surface area contributed by atoms with E-state index >= 15 is 0 Å². The van der Waals surface area contributed by atoms with E-state index in [4.69, 9.17) is 0 Å². The Morgan fingerprint density at radius 3 is 2.65 bits per heavy atom. The SMILES string of the molecule is CC1CCC(CO)(NC(=O)c2cc(F)cc(Br)c2)CC1. The second kappa shape index (κ2) is 6.22. The molecule has 2 N–H and O–H groups in total. The van der Waals surface area contributed by atoms with Crippen molar-refractivity contribution in [1.82, 2.24) is 5.32 Å². The Kier molecular flexibility index (Phi) is 4.81. The van der Waals surface area contributed by atoms with Gasteiger partial charge in [-0.25, -0.2) is 4.39 Å². The predicted molar refractivity (Wildman–Crippen MR) is 79.0 cm³/mol. The number of rotatable bonds is 3. The van der Waals surface area contributed by atoms with Gasteiger partial charge in [-0.3, -0.25) is 4.79 Å². The van der Waals surface area contributed by atoms with Crippen LogP contribution in [-0.4, -0.2) is 23.2 Å². The molecular formula is C15H19BrFNO2. The third-order valence-electron chi connectivity index (χ3n) is 4.04. The molecule has 1 aliphatic carbocycles. The maximum absolute atomic E-state index is 13.3. The van der Waals surface area contributed by atoms with Crippen LogP contribution in [0.25, 0.3) is 0 Å². The van der Waals surface area contributed by atoms with Crippen molar-refractivity contribution in [1.29, 1.82) is 0 Å². The Morgan fingerprint density at radius 2 is 2.10 bits per heavy atom. The Bertz CT molecular complexity index is 478. The van der Waals surface area contributed by atoms with Crippen molar-refractivity contribution in [2.45, 2.75) is 38.1 Å². The van der Waals surface area contributed by atoms with Crippen LogP contribution in [0.2, 0.25) is 0 Å². The maximum Gasteiger partial charge on any atom is 0.251 e. The van der Waals surface area contributed by atoms with E-state index < -0.39 is 11.4 Å². The molecule has 0 heterocycles. The fourth-order valence-electron chi connectivity index (χ4n) is 2.64. The van der Waals surface area contributed by atoms with Gasteiger partial charge in [-0.15, -0.1) is 0 Å². The number of hydrogen-bond donors (Lipinski definition) is 2. The number of benzene rings is 1. The van der Waals surface area contributed by atoms with E-state index in [-0.39, 0.29) is 18.1 Å². The average molecular weight is 344 g/mol. The molecule has 0 aliphatic heterocycles. The lowest BCUT2D eigenvalue weighted by Crippen LogP contribution is -2.53. The molecule has 3 nitrogen and oxygen atoms in total. The van der Waals surface area contributed by atoms with Gasteiger partial charge in [-0.1, -0.05) is 22.9 Å². The van der Waals surface area contributed by atoms with E-state index in [1.807, 2.05) is 0 Å². The number of amides is 1. The summed E-state index contributed by atoms with van der Waals surface area (Å²) in [5, 5.41) is 12.5. The van der Waals surface area contributed by atoms with Crippen molar-refractivity contribution in [2.24, 2.45) is 5.92 Å². The van der Waals surface area contributed by atoms with Crippen molar-refractivity contribution in [2.75, 3.05) is 6.61 Å². The van der Waals surface area contributed by atoms with E-state index in [9.17, 15) is 14.3 Å². The quantitative estimate of drug-likeness (QED) is 0.884. The highest BCUT2D eigenvalue weighted by Crippen LogP contribution is 2.32. The van der Waals surface area contributed by atoms with Gasteiger partial charge >= 0.3 is 0 Å². The number of nitrogens with one attached hydrogen (secondary N) is 1. The van der Waals surface area contributed by atoms with Gasteiger partial charge < -0.3 is 10.4 Å². The average Bonchev–Trinajstić information content (AvgIpc) is 2.40. The summed E-state index contributed by atoms with van der Waals surface area (Å²) in [6.45, 7) is 2.09. The zero-order chi connectivity index (χ0) is 14.8. The van der Waals surface area contributed by atoms with Crippen molar-refractivity contribution >= 4 is 21.8 Å². The monoisotopic (exact) mass is 343 g/mol. The van der Waals surface area contributed by atoms with E-state index in [1.165, 1.54) is 12.1 Å². The molecule has 2 rings (SSSR count). The summed E-state index contributed by atoms with van der Waals surface area (Å²) in [5.41, 5.74) is -0.300. The van der Waals surface area contributed by atoms with Gasteiger partial charge in [0.25, 0.3) is 5.91 Å². The molecule has 1 fully saturated rings. The summed E-state index contributed by atoms with van der Waals surface area (Å²) in [7, 11) is 0. The second-order valence-corrected chi connectivity index (χ2v) is 6.65. The van der Waals surface area contributed by atoms with Crippen LogP contribution < -0.4 is 5.32 Å². The van der Waals surface area contributed by atoms with Gasteiger partial charge in [-0.05, 0) is 49.8 Å². The molecule has 0 aromatic heterocycles. The van der Waals surface area contributed by atoms with E-state index in [1.54, 1.807) is 6.07 Å². The van der Waals surface area contributed by atoms with Crippen molar-refractivity contribution < 1.29 is 14.3 Å². The van der Waals surface area contributed by atoms with Crippen LogP contribution in [0, 0.1) is 11.7 Å². The number of hydrogen-bond acceptors (Lipinski definition) is 2. The number of halogens is 2. The van der Waals surface area contributed by atoms with Gasteiger partial charge in [0, 0.05) is 10.0 Å². The fourth-order valence-corrected chi connectivity index (χ4v) is 3.10. The number of aliphatic hydroxyl groups excluding tert-OH is 1. The van der Waals surface area contributed by atoms with Gasteiger partial charge in [0.15, 0.2) is 0 Å². The molecule has 1 aromatic carbocycles. The molecule has 1 saturated carbocycles. The first-order valence-corrected chi connectivity index (χ1v) is 7.63. The van der Waals surface area contributed by atoms with Crippen molar-refractivity contribution in [3.05, 3.63) is 34.1 Å². The Morgan fingerprint density at radius 1 is 1.45 bits per heavy atom. The van der Waals surface area contributed by atoms with Crippen LogP contribution in [0.4, 0.5) is 4.39 Å². The molecular weight excluding hydrogens is 325 g/mol. The van der Waals surface area contributed by atoms with Gasteiger partial charge in [0.2, 0.25) is 0 Å². The molecule has 5 heteroatoms. The molecule has 1 amide bonds. The lowest BCUT2D eigenvalue weighted by atomic mass is 9.77. The first-order chi connectivity index (χ1) is 9.44. The van der Waals surface area contributed by atoms with Crippen LogP contribution >= 0.6 is 15.9 Å². The number of carbonyl (C=O) groups excluding carboxylic acids is 1. The molecule has 1 aromatic rings. The topological polar surface area (TPSA) is 49.3 Å². The van der Waals surface area contributed by atoms with Crippen molar-refractivity contribution in [3.63, 3.8) is 0 Å². The molecule has 0 spiro atoms. The second-order valence-electron chi connectivity index (χ2n) is 5.73. The summed E-state index contributed by atoms with van der Waals surface area (Å²) in [4.78, 5) is 12.3. The molecule has 0 unspecified atom stereocenters. The van der Waals surface area contributed by atoms with Crippen LogP contribution in [-0.2, 0) is 0 Å². The molecule has 110 valence electrons. The molecule has 0 atom stereocenters. The minimum atomic E-state index is -0.567. The lowest BCUT2D eigenvalue weighted by Gasteiger charge is -2.38. The molecule has 0 bridgehead atoms. The fraction of sp³-hybridized carbons (Fsp3) is 0.533. The molecule has 0 radical (unpaired) electrons. The standard InChI is InChI=1S/C15H19BrFNO2/c1-10-2-4-15(9-19,5-3-10)18-14(20)11-6-12(16)8-13(17)7-11/h6-8,10,19H,2-5,9H2,1H3,(H,18,20). The lowest BCUT2D eigenvalue weighted by molar-refractivity contribution is 0.0716. The maximum atomic E-state index is 13.3. The Labute approximate surface area is 126 Å². The molecule has 1 aliphatic rings. The Hall–Kier alpha value is -0.940. The third-order valence-corrected chi connectivity index (χ3v) is 4.50. The highest BCUT2D eigenvalue weighted by atomic mass is 79.9. The van der Waals surface area contributed by atoms with E-state index in [0.29, 0.717) is 10.4 Å². The number of aliphatic hydroxyl groups is 1. The largest absolute Gasteiger partial charge is 0.394 e. The van der Waals surface area contributed by atoms with Gasteiger partial charge in [0.1, 0.15) is 5.82 Å². The number of carbonyl (C=O) groups is 1.